The minimum atomic E-state index is 1.01. The topological polar surface area (TPSA) is 15.3 Å². The van der Waals surface area contributed by atoms with Gasteiger partial charge < -0.3 is 10.2 Å². The van der Waals surface area contributed by atoms with E-state index < -0.39 is 0 Å². The summed E-state index contributed by atoms with van der Waals surface area (Å²) in [4.78, 5) is 2.54. The highest BCUT2D eigenvalue weighted by Crippen LogP contribution is 2.29. The highest BCUT2D eigenvalue weighted by Gasteiger charge is 2.22. The predicted molar refractivity (Wildman–Crippen MR) is 65.0 cm³/mol. The first-order valence-electron chi connectivity index (χ1n) is 6.74. The predicted octanol–water partition coefficient (Wildman–Crippen LogP) is 2.11. The smallest absolute Gasteiger partial charge is 0.000661 e. The molecule has 2 heteroatoms. The summed E-state index contributed by atoms with van der Waals surface area (Å²) in [5.74, 6) is 2.06. The zero-order valence-electron chi connectivity index (χ0n) is 10.2. The van der Waals surface area contributed by atoms with E-state index in [2.05, 4.69) is 17.3 Å². The molecule has 2 rings (SSSR count). The summed E-state index contributed by atoms with van der Waals surface area (Å²) in [6, 6.07) is 0. The van der Waals surface area contributed by atoms with E-state index in [-0.39, 0.29) is 0 Å². The van der Waals surface area contributed by atoms with Gasteiger partial charge in [-0.05, 0) is 77.0 Å². The Morgan fingerprint density at radius 1 is 1.07 bits per heavy atom. The number of nitrogens with one attached hydrogen (secondary N) is 1. The molecule has 2 aliphatic rings. The maximum absolute atomic E-state index is 3.44. The molecular formula is C13H26N2. The van der Waals surface area contributed by atoms with E-state index in [4.69, 9.17) is 0 Å². The summed E-state index contributed by atoms with van der Waals surface area (Å²) in [6.45, 7) is 5.18. The fraction of sp³-hybridized carbons (Fsp3) is 1.00. The van der Waals surface area contributed by atoms with Crippen molar-refractivity contribution in [1.82, 2.24) is 10.2 Å². The van der Waals surface area contributed by atoms with Gasteiger partial charge in [-0.2, -0.15) is 0 Å². The normalized spacial score (nSPS) is 23.6. The molecule has 1 saturated heterocycles. The van der Waals surface area contributed by atoms with Gasteiger partial charge in [0.05, 0.1) is 0 Å². The highest BCUT2D eigenvalue weighted by molar-refractivity contribution is 4.76. The molecule has 0 amide bonds. The lowest BCUT2D eigenvalue weighted by Gasteiger charge is -2.23. The van der Waals surface area contributed by atoms with Gasteiger partial charge in [-0.1, -0.05) is 0 Å². The van der Waals surface area contributed by atoms with Crippen molar-refractivity contribution in [3.63, 3.8) is 0 Å². The summed E-state index contributed by atoms with van der Waals surface area (Å²) in [5.41, 5.74) is 0. The zero-order chi connectivity index (χ0) is 10.5. The molecule has 0 unspecified atom stereocenters. The Morgan fingerprint density at radius 2 is 1.80 bits per heavy atom. The molecule has 0 spiro atoms. The average Bonchev–Trinajstić information content (AvgIpc) is 3.03. The molecule has 1 N–H and O–H groups in total. The van der Waals surface area contributed by atoms with Crippen LogP contribution in [0.2, 0.25) is 0 Å². The lowest BCUT2D eigenvalue weighted by molar-refractivity contribution is 0.283. The van der Waals surface area contributed by atoms with Gasteiger partial charge >= 0.3 is 0 Å². The van der Waals surface area contributed by atoms with E-state index in [0.717, 1.165) is 11.8 Å². The molecule has 1 saturated carbocycles. The Labute approximate surface area is 94.4 Å². The number of hydrogen-bond acceptors (Lipinski definition) is 2. The third-order valence-electron chi connectivity index (χ3n) is 3.88. The van der Waals surface area contributed by atoms with Crippen LogP contribution in [0.5, 0.6) is 0 Å². The first-order valence-corrected chi connectivity index (χ1v) is 6.74. The van der Waals surface area contributed by atoms with Crippen molar-refractivity contribution >= 4 is 0 Å². The summed E-state index contributed by atoms with van der Waals surface area (Å²) in [7, 11) is 2.29. The second-order valence-corrected chi connectivity index (χ2v) is 5.54. The molecule has 0 aromatic heterocycles. The number of rotatable bonds is 6. The third-order valence-corrected chi connectivity index (χ3v) is 3.88. The quantitative estimate of drug-likeness (QED) is 0.722. The van der Waals surface area contributed by atoms with Gasteiger partial charge in [0.2, 0.25) is 0 Å². The first-order chi connectivity index (χ1) is 7.34. The van der Waals surface area contributed by atoms with Crippen molar-refractivity contribution in [1.29, 1.82) is 0 Å². The zero-order valence-corrected chi connectivity index (χ0v) is 10.2. The number of piperidine rings is 1. The van der Waals surface area contributed by atoms with Gasteiger partial charge in [-0.3, -0.25) is 0 Å². The molecule has 15 heavy (non-hydrogen) atoms. The Morgan fingerprint density at radius 3 is 2.47 bits per heavy atom. The van der Waals surface area contributed by atoms with Crippen LogP contribution in [0.3, 0.4) is 0 Å². The summed E-state index contributed by atoms with van der Waals surface area (Å²) in [6.07, 6.45) is 8.65. The Kier molecular flexibility index (Phi) is 4.45. The van der Waals surface area contributed by atoms with Crippen LogP contribution in [-0.2, 0) is 0 Å². The van der Waals surface area contributed by atoms with E-state index >= 15 is 0 Å². The van der Waals surface area contributed by atoms with Crippen LogP contribution in [0.25, 0.3) is 0 Å². The maximum Gasteiger partial charge on any atom is 0.000661 e. The fourth-order valence-electron chi connectivity index (χ4n) is 2.65. The molecule has 1 aliphatic carbocycles. The van der Waals surface area contributed by atoms with Crippen LogP contribution in [0.1, 0.15) is 38.5 Å². The van der Waals surface area contributed by atoms with Crippen molar-refractivity contribution in [2.24, 2.45) is 11.8 Å². The van der Waals surface area contributed by atoms with Crippen molar-refractivity contribution in [3.8, 4) is 0 Å². The Balaban J connectivity index is 1.49. The molecular weight excluding hydrogens is 184 g/mol. The van der Waals surface area contributed by atoms with Crippen molar-refractivity contribution in [2.75, 3.05) is 33.2 Å². The largest absolute Gasteiger partial charge is 0.317 e. The van der Waals surface area contributed by atoms with Gasteiger partial charge in [-0.15, -0.1) is 0 Å². The van der Waals surface area contributed by atoms with Crippen LogP contribution < -0.4 is 5.32 Å². The molecule has 1 heterocycles. The minimum Gasteiger partial charge on any atom is -0.317 e. The van der Waals surface area contributed by atoms with Gasteiger partial charge in [0.15, 0.2) is 0 Å². The molecule has 2 fully saturated rings. The standard InChI is InChI=1S/C13H26N2/c1-15(11-13-4-5-13)10-2-3-12-6-8-14-9-7-12/h12-14H,2-11H2,1H3. The molecule has 0 aromatic rings. The monoisotopic (exact) mass is 210 g/mol. The summed E-state index contributed by atoms with van der Waals surface area (Å²) >= 11 is 0. The lowest BCUT2D eigenvalue weighted by Crippen LogP contribution is -2.28. The second kappa shape index (κ2) is 5.86. The highest BCUT2D eigenvalue weighted by atomic mass is 15.1. The first kappa shape index (κ1) is 11.4. The SMILES string of the molecule is CN(CCCC1CCNCC1)CC1CC1. The number of nitrogens with zero attached hydrogens (tertiary/aromatic N) is 1. The van der Waals surface area contributed by atoms with Crippen molar-refractivity contribution < 1.29 is 0 Å². The lowest BCUT2D eigenvalue weighted by atomic mass is 9.93. The Bertz CT molecular complexity index is 171. The second-order valence-electron chi connectivity index (χ2n) is 5.54. The Hall–Kier alpha value is -0.0800. The van der Waals surface area contributed by atoms with E-state index in [1.54, 1.807) is 0 Å². The maximum atomic E-state index is 3.44. The summed E-state index contributed by atoms with van der Waals surface area (Å²) < 4.78 is 0. The van der Waals surface area contributed by atoms with E-state index in [1.165, 1.54) is 64.7 Å². The molecule has 0 atom stereocenters. The number of hydrogen-bond donors (Lipinski definition) is 1. The third kappa shape index (κ3) is 4.52. The van der Waals surface area contributed by atoms with Crippen LogP contribution in [0.15, 0.2) is 0 Å². The van der Waals surface area contributed by atoms with Crippen LogP contribution in [0, 0.1) is 11.8 Å². The van der Waals surface area contributed by atoms with Gasteiger partial charge in [0, 0.05) is 6.54 Å². The fourth-order valence-corrected chi connectivity index (χ4v) is 2.65. The van der Waals surface area contributed by atoms with E-state index in [9.17, 15) is 0 Å². The van der Waals surface area contributed by atoms with Crippen LogP contribution in [0.4, 0.5) is 0 Å². The average molecular weight is 210 g/mol. The van der Waals surface area contributed by atoms with E-state index in [0.29, 0.717) is 0 Å². The summed E-state index contributed by atoms with van der Waals surface area (Å²) in [5, 5.41) is 3.44. The van der Waals surface area contributed by atoms with E-state index in [1.807, 2.05) is 0 Å². The van der Waals surface area contributed by atoms with Crippen molar-refractivity contribution in [2.45, 2.75) is 38.5 Å². The molecule has 1 aliphatic heterocycles. The van der Waals surface area contributed by atoms with Gasteiger partial charge in [0.25, 0.3) is 0 Å². The minimum absolute atomic E-state index is 1.01. The van der Waals surface area contributed by atoms with Gasteiger partial charge in [0.1, 0.15) is 0 Å². The molecule has 88 valence electrons. The van der Waals surface area contributed by atoms with Gasteiger partial charge in [-0.25, -0.2) is 0 Å². The molecule has 0 aromatic carbocycles. The molecule has 0 radical (unpaired) electrons. The van der Waals surface area contributed by atoms with Crippen LogP contribution >= 0.6 is 0 Å². The van der Waals surface area contributed by atoms with Crippen LogP contribution in [-0.4, -0.2) is 38.1 Å². The molecule has 2 nitrogen and oxygen atoms in total. The molecule has 0 bridgehead atoms. The van der Waals surface area contributed by atoms with Crippen molar-refractivity contribution in [3.05, 3.63) is 0 Å².